The molecule has 126 valence electrons. The molecule has 1 saturated heterocycles. The Morgan fingerprint density at radius 3 is 2.50 bits per heavy atom. The maximum absolute atomic E-state index is 5.49. The second-order valence-corrected chi connectivity index (χ2v) is 6.51. The molecule has 2 aliphatic rings. The van der Waals surface area contributed by atoms with Crippen molar-refractivity contribution in [3.8, 4) is 11.5 Å². The summed E-state index contributed by atoms with van der Waals surface area (Å²) in [6.07, 6.45) is 3.60. The zero-order chi connectivity index (χ0) is 16.5. The van der Waals surface area contributed by atoms with Gasteiger partial charge in [-0.1, -0.05) is 6.07 Å². The van der Waals surface area contributed by atoms with Gasteiger partial charge in [0.15, 0.2) is 11.5 Å². The molecule has 1 aromatic heterocycles. The Morgan fingerprint density at radius 2 is 1.75 bits per heavy atom. The Hall–Kier alpha value is -2.34. The molecule has 4 rings (SSSR count). The third kappa shape index (κ3) is 2.89. The van der Waals surface area contributed by atoms with Crippen molar-refractivity contribution in [1.82, 2.24) is 14.9 Å². The van der Waals surface area contributed by atoms with Crippen molar-refractivity contribution in [2.45, 2.75) is 32.5 Å². The number of benzene rings is 1. The largest absolute Gasteiger partial charge is 0.454 e. The summed E-state index contributed by atoms with van der Waals surface area (Å²) < 4.78 is 10.9. The normalized spacial score (nSPS) is 23.5. The highest BCUT2D eigenvalue weighted by atomic mass is 16.7. The van der Waals surface area contributed by atoms with Gasteiger partial charge in [0.25, 0.3) is 0 Å². The van der Waals surface area contributed by atoms with Gasteiger partial charge in [-0.2, -0.15) is 0 Å². The molecule has 2 aromatic rings. The Labute approximate surface area is 142 Å². The van der Waals surface area contributed by atoms with Crippen LogP contribution in [0.5, 0.6) is 11.5 Å². The Kier molecular flexibility index (Phi) is 3.98. The van der Waals surface area contributed by atoms with E-state index in [0.717, 1.165) is 37.1 Å². The third-order valence-corrected chi connectivity index (χ3v) is 4.74. The maximum Gasteiger partial charge on any atom is 0.231 e. The molecule has 0 spiro atoms. The molecule has 0 bridgehead atoms. The average molecular weight is 326 g/mol. The number of hydrogen-bond donors (Lipinski definition) is 0. The van der Waals surface area contributed by atoms with E-state index in [0.29, 0.717) is 18.9 Å². The molecule has 0 saturated carbocycles. The van der Waals surface area contributed by atoms with E-state index >= 15 is 0 Å². The van der Waals surface area contributed by atoms with Crippen molar-refractivity contribution in [3.05, 3.63) is 42.2 Å². The van der Waals surface area contributed by atoms with Gasteiger partial charge in [-0.3, -0.25) is 4.90 Å². The molecule has 0 unspecified atom stereocenters. The van der Waals surface area contributed by atoms with Crippen molar-refractivity contribution in [1.29, 1.82) is 0 Å². The van der Waals surface area contributed by atoms with Crippen LogP contribution in [0.25, 0.3) is 0 Å². The molecule has 2 aliphatic heterocycles. The standard InChI is InChI=1S/C18H22N4O2/c1-13-9-21(18-19-6-3-7-20-18)10-14(2)22(13)11-15-4-5-16-17(8-15)24-12-23-16/h3-8,13-14H,9-12H2,1-2H3/t13-,14-/m0/s1. The first-order valence-electron chi connectivity index (χ1n) is 8.37. The maximum atomic E-state index is 5.49. The molecule has 3 heterocycles. The first kappa shape index (κ1) is 15.2. The highest BCUT2D eigenvalue weighted by Crippen LogP contribution is 2.33. The highest BCUT2D eigenvalue weighted by molar-refractivity contribution is 5.44. The van der Waals surface area contributed by atoms with Gasteiger partial charge >= 0.3 is 0 Å². The van der Waals surface area contributed by atoms with Crippen LogP contribution >= 0.6 is 0 Å². The van der Waals surface area contributed by atoms with Crippen LogP contribution in [0.3, 0.4) is 0 Å². The summed E-state index contributed by atoms with van der Waals surface area (Å²) in [4.78, 5) is 13.6. The first-order chi connectivity index (χ1) is 11.7. The molecule has 24 heavy (non-hydrogen) atoms. The van der Waals surface area contributed by atoms with E-state index in [1.165, 1.54) is 5.56 Å². The van der Waals surface area contributed by atoms with E-state index in [1.54, 1.807) is 12.4 Å². The van der Waals surface area contributed by atoms with Crippen LogP contribution in [0.4, 0.5) is 5.95 Å². The molecule has 0 radical (unpaired) electrons. The number of hydrogen-bond acceptors (Lipinski definition) is 6. The molecular weight excluding hydrogens is 304 g/mol. The van der Waals surface area contributed by atoms with E-state index in [-0.39, 0.29) is 0 Å². The van der Waals surface area contributed by atoms with Crippen LogP contribution < -0.4 is 14.4 Å². The molecule has 6 nitrogen and oxygen atoms in total. The summed E-state index contributed by atoms with van der Waals surface area (Å²) in [5.74, 6) is 2.51. The second-order valence-electron chi connectivity index (χ2n) is 6.51. The van der Waals surface area contributed by atoms with Gasteiger partial charge < -0.3 is 14.4 Å². The van der Waals surface area contributed by atoms with Gasteiger partial charge in [0.1, 0.15) is 0 Å². The highest BCUT2D eigenvalue weighted by Gasteiger charge is 2.30. The number of fused-ring (bicyclic) bond motifs is 1. The fraction of sp³-hybridized carbons (Fsp3) is 0.444. The summed E-state index contributed by atoms with van der Waals surface area (Å²) in [6, 6.07) is 8.91. The van der Waals surface area contributed by atoms with Crippen LogP contribution in [0.15, 0.2) is 36.7 Å². The molecule has 0 aliphatic carbocycles. The predicted molar refractivity (Wildman–Crippen MR) is 91.3 cm³/mol. The summed E-state index contributed by atoms with van der Waals surface area (Å²) >= 11 is 0. The van der Waals surface area contributed by atoms with Crippen LogP contribution in [0, 0.1) is 0 Å². The lowest BCUT2D eigenvalue weighted by molar-refractivity contribution is 0.122. The number of nitrogens with zero attached hydrogens (tertiary/aromatic N) is 4. The SMILES string of the molecule is C[C@H]1CN(c2ncccn2)C[C@H](C)N1Cc1ccc2c(c1)OCO2. The van der Waals surface area contributed by atoms with Crippen LogP contribution in [-0.2, 0) is 6.54 Å². The minimum atomic E-state index is 0.321. The van der Waals surface area contributed by atoms with E-state index < -0.39 is 0 Å². The fourth-order valence-corrected chi connectivity index (χ4v) is 3.54. The minimum absolute atomic E-state index is 0.321. The first-order valence-corrected chi connectivity index (χ1v) is 8.37. The number of piperazine rings is 1. The lowest BCUT2D eigenvalue weighted by Crippen LogP contribution is -2.56. The molecular formula is C18H22N4O2. The average Bonchev–Trinajstić information content (AvgIpc) is 3.06. The zero-order valence-electron chi connectivity index (χ0n) is 14.1. The van der Waals surface area contributed by atoms with Crippen LogP contribution in [0.2, 0.25) is 0 Å². The molecule has 2 atom stereocenters. The molecule has 1 fully saturated rings. The number of rotatable bonds is 3. The Bertz CT molecular complexity index is 697. The van der Waals surface area contributed by atoms with E-state index in [9.17, 15) is 0 Å². The van der Waals surface area contributed by atoms with Crippen LogP contribution in [-0.4, -0.2) is 46.8 Å². The topological polar surface area (TPSA) is 50.7 Å². The van der Waals surface area contributed by atoms with Gasteiger partial charge in [-0.25, -0.2) is 9.97 Å². The van der Waals surface area contributed by atoms with Crippen molar-refractivity contribution in [2.24, 2.45) is 0 Å². The lowest BCUT2D eigenvalue weighted by atomic mass is 10.1. The van der Waals surface area contributed by atoms with Crippen LogP contribution in [0.1, 0.15) is 19.4 Å². The third-order valence-electron chi connectivity index (χ3n) is 4.74. The fourth-order valence-electron chi connectivity index (χ4n) is 3.54. The predicted octanol–water partition coefficient (Wildman–Crippen LogP) is 2.30. The van der Waals surface area contributed by atoms with Gasteiger partial charge in [0, 0.05) is 44.1 Å². The number of anilines is 1. The van der Waals surface area contributed by atoms with Crippen molar-refractivity contribution in [2.75, 3.05) is 24.8 Å². The van der Waals surface area contributed by atoms with Gasteiger partial charge in [0.05, 0.1) is 0 Å². The molecule has 0 N–H and O–H groups in total. The van der Waals surface area contributed by atoms with Crippen molar-refractivity contribution in [3.63, 3.8) is 0 Å². The summed E-state index contributed by atoms with van der Waals surface area (Å²) in [7, 11) is 0. The second kappa shape index (κ2) is 6.28. The van der Waals surface area contributed by atoms with E-state index in [2.05, 4.69) is 45.7 Å². The summed E-state index contributed by atoms with van der Waals surface area (Å²) in [5.41, 5.74) is 1.25. The van der Waals surface area contributed by atoms with Crippen molar-refractivity contribution >= 4 is 5.95 Å². The number of ether oxygens (including phenoxy) is 2. The van der Waals surface area contributed by atoms with Gasteiger partial charge in [-0.15, -0.1) is 0 Å². The van der Waals surface area contributed by atoms with E-state index in [1.807, 2.05) is 12.1 Å². The molecule has 1 aromatic carbocycles. The van der Waals surface area contributed by atoms with Gasteiger partial charge in [0.2, 0.25) is 12.7 Å². The quantitative estimate of drug-likeness (QED) is 0.863. The smallest absolute Gasteiger partial charge is 0.231 e. The molecule has 6 heteroatoms. The Morgan fingerprint density at radius 1 is 1.04 bits per heavy atom. The monoisotopic (exact) mass is 326 g/mol. The van der Waals surface area contributed by atoms with E-state index in [4.69, 9.17) is 9.47 Å². The Balaban J connectivity index is 1.47. The van der Waals surface area contributed by atoms with Gasteiger partial charge in [-0.05, 0) is 37.6 Å². The summed E-state index contributed by atoms with van der Waals surface area (Å²) in [5, 5.41) is 0. The zero-order valence-corrected chi connectivity index (χ0v) is 14.1. The van der Waals surface area contributed by atoms with Crippen molar-refractivity contribution < 1.29 is 9.47 Å². The molecule has 0 amide bonds. The summed E-state index contributed by atoms with van der Waals surface area (Å²) in [6.45, 7) is 7.61. The minimum Gasteiger partial charge on any atom is -0.454 e. The lowest BCUT2D eigenvalue weighted by Gasteiger charge is -2.44. The number of aromatic nitrogens is 2.